The smallest absolute Gasteiger partial charge is 0.203 e. The molecule has 96 valence electrons. The van der Waals surface area contributed by atoms with Crippen molar-refractivity contribution in [1.82, 2.24) is 0 Å². The number of allylic oxidation sites excluding steroid dienone is 1. The summed E-state index contributed by atoms with van der Waals surface area (Å²) in [6.07, 6.45) is 0. The lowest BCUT2D eigenvalue weighted by molar-refractivity contribution is 0.324. The minimum absolute atomic E-state index is 0.329. The van der Waals surface area contributed by atoms with Crippen molar-refractivity contribution in [2.24, 2.45) is 0 Å². The van der Waals surface area contributed by atoms with E-state index >= 15 is 0 Å². The number of ether oxygens (including phenoxy) is 3. The summed E-state index contributed by atoms with van der Waals surface area (Å²) < 4.78 is 15.7. The van der Waals surface area contributed by atoms with Crippen LogP contribution in [0.4, 0.5) is 0 Å². The molecule has 0 aliphatic carbocycles. The third kappa shape index (κ3) is 2.52. The molecule has 0 unspecified atom stereocenters. The fraction of sp³-hybridized carbons (Fsp3) is 0.308. The minimum Gasteiger partial charge on any atom is -0.493 e. The molecule has 1 rings (SSSR count). The Hall–Kier alpha value is -1.86. The first kappa shape index (κ1) is 14.2. The molecule has 0 saturated carbocycles. The maximum atomic E-state index is 8.87. The van der Waals surface area contributed by atoms with E-state index in [4.69, 9.17) is 31.1 Å². The Bertz CT molecular complexity index is 518. The van der Waals surface area contributed by atoms with E-state index in [2.05, 4.69) is 0 Å². The summed E-state index contributed by atoms with van der Waals surface area (Å²) in [4.78, 5) is 0. The number of benzene rings is 1. The van der Waals surface area contributed by atoms with Crippen LogP contribution in [0.2, 0.25) is 0 Å². The molecule has 0 amide bonds. The zero-order valence-corrected chi connectivity index (χ0v) is 11.5. The van der Waals surface area contributed by atoms with Crippen LogP contribution in [0.5, 0.6) is 17.2 Å². The average molecular weight is 268 g/mol. The molecule has 0 spiro atoms. The van der Waals surface area contributed by atoms with Crippen LogP contribution in [-0.4, -0.2) is 21.3 Å². The van der Waals surface area contributed by atoms with E-state index in [1.54, 1.807) is 19.1 Å². The summed E-state index contributed by atoms with van der Waals surface area (Å²) in [5.74, 6) is 1.43. The van der Waals surface area contributed by atoms with Gasteiger partial charge in [0.1, 0.15) is 0 Å². The Morgan fingerprint density at radius 1 is 1.11 bits per heavy atom. The summed E-state index contributed by atoms with van der Waals surface area (Å²) in [6.45, 7) is 1.64. The van der Waals surface area contributed by atoms with E-state index in [1.165, 1.54) is 21.3 Å². The van der Waals surface area contributed by atoms with Crippen molar-refractivity contribution >= 4 is 16.6 Å². The van der Waals surface area contributed by atoms with Gasteiger partial charge in [-0.2, -0.15) is 5.26 Å². The molecule has 1 aromatic rings. The highest BCUT2D eigenvalue weighted by Gasteiger charge is 2.18. The molecule has 0 fully saturated rings. The molecule has 0 radical (unpaired) electrons. The van der Waals surface area contributed by atoms with Crippen LogP contribution in [0.25, 0.3) is 5.03 Å². The number of nitriles is 1. The van der Waals surface area contributed by atoms with E-state index in [1.807, 2.05) is 6.07 Å². The first-order chi connectivity index (χ1) is 8.60. The second kappa shape index (κ2) is 6.18. The number of rotatable bonds is 4. The standard InChI is InChI=1S/C13H14ClNO3/c1-8(7-15)11(14)9-5-6-10(16-2)13(18-4)12(9)17-3/h5-6H,1-4H3. The number of nitrogens with zero attached hydrogens (tertiary/aromatic N) is 1. The number of hydrogen-bond acceptors (Lipinski definition) is 4. The highest BCUT2D eigenvalue weighted by atomic mass is 35.5. The lowest BCUT2D eigenvalue weighted by atomic mass is 10.1. The van der Waals surface area contributed by atoms with E-state index in [-0.39, 0.29) is 0 Å². The van der Waals surface area contributed by atoms with E-state index in [0.717, 1.165) is 0 Å². The van der Waals surface area contributed by atoms with Crippen molar-refractivity contribution in [3.05, 3.63) is 23.3 Å². The summed E-state index contributed by atoms with van der Waals surface area (Å²) >= 11 is 6.15. The monoisotopic (exact) mass is 267 g/mol. The maximum absolute atomic E-state index is 8.87. The van der Waals surface area contributed by atoms with E-state index in [9.17, 15) is 0 Å². The van der Waals surface area contributed by atoms with Gasteiger partial charge in [0.25, 0.3) is 0 Å². The van der Waals surface area contributed by atoms with Gasteiger partial charge in [0, 0.05) is 11.1 Å². The van der Waals surface area contributed by atoms with Crippen molar-refractivity contribution in [3.63, 3.8) is 0 Å². The summed E-state index contributed by atoms with van der Waals surface area (Å²) in [6, 6.07) is 5.44. The van der Waals surface area contributed by atoms with Crippen LogP contribution >= 0.6 is 11.6 Å². The fourth-order valence-electron chi connectivity index (χ4n) is 1.53. The molecule has 0 atom stereocenters. The Morgan fingerprint density at radius 2 is 1.72 bits per heavy atom. The molecule has 0 N–H and O–H groups in total. The quantitative estimate of drug-likeness (QED) is 0.786. The molecule has 0 saturated heterocycles. The van der Waals surface area contributed by atoms with Gasteiger partial charge in [-0.15, -0.1) is 0 Å². The first-order valence-electron chi connectivity index (χ1n) is 5.16. The Morgan fingerprint density at radius 3 is 2.17 bits per heavy atom. The Balaban J connectivity index is 3.54. The molecule has 1 aromatic carbocycles. The van der Waals surface area contributed by atoms with Gasteiger partial charge in [0.15, 0.2) is 11.5 Å². The van der Waals surface area contributed by atoms with Crippen LogP contribution in [0.3, 0.4) is 0 Å². The largest absolute Gasteiger partial charge is 0.493 e. The third-order valence-electron chi connectivity index (χ3n) is 2.44. The molecule has 0 aliphatic rings. The molecule has 0 aromatic heterocycles. The molecule has 0 bridgehead atoms. The van der Waals surface area contributed by atoms with Crippen LogP contribution < -0.4 is 14.2 Å². The molecular weight excluding hydrogens is 254 g/mol. The zero-order chi connectivity index (χ0) is 13.7. The Kier molecular flexibility index (Phi) is 4.87. The Labute approximate surface area is 111 Å². The second-order valence-corrected chi connectivity index (χ2v) is 3.81. The highest BCUT2D eigenvalue weighted by Crippen LogP contribution is 2.43. The summed E-state index contributed by atoms with van der Waals surface area (Å²) in [5, 5.41) is 9.20. The highest BCUT2D eigenvalue weighted by molar-refractivity contribution is 6.49. The molecule has 18 heavy (non-hydrogen) atoms. The molecule has 4 nitrogen and oxygen atoms in total. The van der Waals surface area contributed by atoms with Gasteiger partial charge in [-0.3, -0.25) is 0 Å². The van der Waals surface area contributed by atoms with Gasteiger partial charge in [-0.1, -0.05) is 11.6 Å². The van der Waals surface area contributed by atoms with Crippen molar-refractivity contribution in [3.8, 4) is 23.3 Å². The average Bonchev–Trinajstić information content (AvgIpc) is 2.43. The van der Waals surface area contributed by atoms with Gasteiger partial charge in [-0.05, 0) is 19.1 Å². The lowest BCUT2D eigenvalue weighted by Crippen LogP contribution is -1.98. The lowest BCUT2D eigenvalue weighted by Gasteiger charge is -2.15. The fourth-order valence-corrected chi connectivity index (χ4v) is 1.72. The van der Waals surface area contributed by atoms with Crippen molar-refractivity contribution in [2.75, 3.05) is 21.3 Å². The second-order valence-electron chi connectivity index (χ2n) is 3.43. The van der Waals surface area contributed by atoms with Crippen LogP contribution in [0.15, 0.2) is 17.7 Å². The third-order valence-corrected chi connectivity index (χ3v) is 2.92. The van der Waals surface area contributed by atoms with Crippen LogP contribution in [-0.2, 0) is 0 Å². The van der Waals surface area contributed by atoms with Crippen molar-refractivity contribution in [1.29, 1.82) is 5.26 Å². The summed E-state index contributed by atoms with van der Waals surface area (Å²) in [5.41, 5.74) is 0.998. The topological polar surface area (TPSA) is 51.5 Å². The van der Waals surface area contributed by atoms with Crippen molar-refractivity contribution < 1.29 is 14.2 Å². The molecule has 0 aliphatic heterocycles. The van der Waals surface area contributed by atoms with E-state index in [0.29, 0.717) is 33.4 Å². The number of halogens is 1. The molecule has 5 heteroatoms. The predicted octanol–water partition coefficient (Wildman–Crippen LogP) is 3.21. The molecular formula is C13H14ClNO3. The van der Waals surface area contributed by atoms with Gasteiger partial charge >= 0.3 is 0 Å². The van der Waals surface area contributed by atoms with Crippen LogP contribution in [0, 0.1) is 11.3 Å². The van der Waals surface area contributed by atoms with Gasteiger partial charge in [-0.25, -0.2) is 0 Å². The van der Waals surface area contributed by atoms with Gasteiger partial charge in [0.05, 0.1) is 32.4 Å². The van der Waals surface area contributed by atoms with Crippen LogP contribution in [0.1, 0.15) is 12.5 Å². The minimum atomic E-state index is 0.329. The van der Waals surface area contributed by atoms with E-state index < -0.39 is 0 Å². The summed E-state index contributed by atoms with van der Waals surface area (Å²) in [7, 11) is 4.56. The van der Waals surface area contributed by atoms with Crippen molar-refractivity contribution in [2.45, 2.75) is 6.92 Å². The van der Waals surface area contributed by atoms with Gasteiger partial charge in [0.2, 0.25) is 5.75 Å². The maximum Gasteiger partial charge on any atom is 0.203 e. The number of hydrogen-bond donors (Lipinski definition) is 0. The normalized spacial score (nSPS) is 11.3. The van der Waals surface area contributed by atoms with Gasteiger partial charge < -0.3 is 14.2 Å². The number of methoxy groups -OCH3 is 3. The molecule has 0 heterocycles. The SMILES string of the molecule is COc1ccc(C(Cl)=C(C)C#N)c(OC)c1OC. The first-order valence-corrected chi connectivity index (χ1v) is 5.54. The zero-order valence-electron chi connectivity index (χ0n) is 10.7. The predicted molar refractivity (Wildman–Crippen MR) is 70.2 cm³/mol.